The predicted octanol–water partition coefficient (Wildman–Crippen LogP) is 3.89. The van der Waals surface area contributed by atoms with Gasteiger partial charge in [-0.1, -0.05) is 23.7 Å². The van der Waals surface area contributed by atoms with E-state index in [1.165, 1.54) is 0 Å². The molecule has 0 fully saturated rings. The Morgan fingerprint density at radius 3 is 2.35 bits per heavy atom. The average Bonchev–Trinajstić information content (AvgIpc) is 2.35. The lowest BCUT2D eigenvalue weighted by molar-refractivity contribution is 0.477. The van der Waals surface area contributed by atoms with Gasteiger partial charge in [0.1, 0.15) is 5.75 Å². The topological polar surface area (TPSA) is 44.0 Å². The molecule has 0 amide bonds. The molecule has 84 valence electrons. The summed E-state index contributed by atoms with van der Waals surface area (Å²) in [4.78, 5) is 0. The number of nitriles is 1. The van der Waals surface area contributed by atoms with Gasteiger partial charge in [-0.15, -0.1) is 0 Å². The highest BCUT2D eigenvalue weighted by Gasteiger charge is 2.10. The molecular weight excluding hydrogens is 234 g/mol. The minimum Gasteiger partial charge on any atom is -0.507 e. The van der Waals surface area contributed by atoms with Crippen LogP contribution in [-0.4, -0.2) is 5.11 Å². The molecule has 2 rings (SSSR count). The summed E-state index contributed by atoms with van der Waals surface area (Å²) in [5.74, 6) is 0.191. The van der Waals surface area contributed by atoms with Gasteiger partial charge in [0, 0.05) is 10.6 Å². The van der Waals surface area contributed by atoms with Crippen LogP contribution in [-0.2, 0) is 0 Å². The van der Waals surface area contributed by atoms with Crippen LogP contribution in [0.1, 0.15) is 11.1 Å². The van der Waals surface area contributed by atoms with Crippen molar-refractivity contribution in [1.29, 1.82) is 5.26 Å². The van der Waals surface area contributed by atoms with Crippen LogP contribution >= 0.6 is 11.6 Å². The molecule has 0 unspecified atom stereocenters. The van der Waals surface area contributed by atoms with Gasteiger partial charge in [0.05, 0.1) is 11.6 Å². The zero-order valence-corrected chi connectivity index (χ0v) is 9.99. The van der Waals surface area contributed by atoms with Gasteiger partial charge in [-0.2, -0.15) is 5.26 Å². The third-order valence-corrected chi connectivity index (χ3v) is 3.09. The van der Waals surface area contributed by atoms with Crippen LogP contribution in [0.5, 0.6) is 5.75 Å². The van der Waals surface area contributed by atoms with Crippen molar-refractivity contribution in [2.75, 3.05) is 0 Å². The Morgan fingerprint density at radius 2 is 1.76 bits per heavy atom. The smallest absolute Gasteiger partial charge is 0.123 e. The van der Waals surface area contributed by atoms with E-state index in [9.17, 15) is 5.11 Å². The Hall–Kier alpha value is -1.98. The van der Waals surface area contributed by atoms with Crippen molar-refractivity contribution >= 4 is 11.6 Å². The molecule has 0 aliphatic heterocycles. The summed E-state index contributed by atoms with van der Waals surface area (Å²) in [5, 5.41) is 19.2. The Kier molecular flexibility index (Phi) is 3.03. The predicted molar refractivity (Wildman–Crippen MR) is 68.0 cm³/mol. The Bertz CT molecular complexity index is 597. The van der Waals surface area contributed by atoms with Crippen molar-refractivity contribution < 1.29 is 5.11 Å². The van der Waals surface area contributed by atoms with E-state index in [2.05, 4.69) is 6.07 Å². The van der Waals surface area contributed by atoms with Crippen LogP contribution in [0.25, 0.3) is 11.1 Å². The van der Waals surface area contributed by atoms with Gasteiger partial charge in [-0.3, -0.25) is 0 Å². The van der Waals surface area contributed by atoms with E-state index in [4.69, 9.17) is 16.9 Å². The third kappa shape index (κ3) is 2.11. The maximum atomic E-state index is 9.87. The number of hydrogen-bond donors (Lipinski definition) is 1. The van der Waals surface area contributed by atoms with Crippen LogP contribution in [0.2, 0.25) is 5.02 Å². The van der Waals surface area contributed by atoms with Crippen molar-refractivity contribution in [3.63, 3.8) is 0 Å². The molecule has 0 heterocycles. The summed E-state index contributed by atoms with van der Waals surface area (Å²) in [5.41, 5.74) is 2.98. The van der Waals surface area contributed by atoms with E-state index in [-0.39, 0.29) is 5.75 Å². The van der Waals surface area contributed by atoms with E-state index >= 15 is 0 Å². The van der Waals surface area contributed by atoms with Crippen molar-refractivity contribution in [3.05, 3.63) is 52.5 Å². The summed E-state index contributed by atoms with van der Waals surface area (Å²) in [7, 11) is 0. The first kappa shape index (κ1) is 11.5. The van der Waals surface area contributed by atoms with Crippen LogP contribution in [0.4, 0.5) is 0 Å². The molecule has 0 spiro atoms. The fourth-order valence-corrected chi connectivity index (χ4v) is 1.91. The summed E-state index contributed by atoms with van der Waals surface area (Å²) in [6, 6.07) is 12.3. The second-order valence-corrected chi connectivity index (χ2v) is 4.16. The summed E-state index contributed by atoms with van der Waals surface area (Å²) >= 11 is 6.03. The van der Waals surface area contributed by atoms with Crippen LogP contribution in [0, 0.1) is 18.3 Å². The molecule has 17 heavy (non-hydrogen) atoms. The zero-order valence-electron chi connectivity index (χ0n) is 9.24. The molecule has 1 N–H and O–H groups in total. The highest BCUT2D eigenvalue weighted by molar-refractivity contribution is 6.31. The molecule has 0 aromatic heterocycles. The van der Waals surface area contributed by atoms with E-state index < -0.39 is 0 Å². The molecule has 2 nitrogen and oxygen atoms in total. The van der Waals surface area contributed by atoms with Crippen LogP contribution in [0.3, 0.4) is 0 Å². The molecule has 2 aromatic rings. The van der Waals surface area contributed by atoms with Gasteiger partial charge < -0.3 is 5.11 Å². The van der Waals surface area contributed by atoms with Gasteiger partial charge in [0.2, 0.25) is 0 Å². The Balaban J connectivity index is 2.60. The van der Waals surface area contributed by atoms with Crippen LogP contribution in [0.15, 0.2) is 36.4 Å². The molecule has 0 aliphatic carbocycles. The fourth-order valence-electron chi connectivity index (χ4n) is 1.75. The highest BCUT2D eigenvalue weighted by Crippen LogP contribution is 2.35. The van der Waals surface area contributed by atoms with Crippen molar-refractivity contribution in [1.82, 2.24) is 0 Å². The second-order valence-electron chi connectivity index (χ2n) is 3.76. The Morgan fingerprint density at radius 1 is 1.12 bits per heavy atom. The van der Waals surface area contributed by atoms with E-state index in [1.807, 2.05) is 6.92 Å². The molecule has 2 aromatic carbocycles. The number of halogens is 1. The Labute approximate surface area is 105 Å². The number of benzene rings is 2. The third-order valence-electron chi connectivity index (χ3n) is 2.68. The second kappa shape index (κ2) is 4.48. The maximum absolute atomic E-state index is 9.87. The van der Waals surface area contributed by atoms with Crippen molar-refractivity contribution in [3.8, 4) is 22.9 Å². The SMILES string of the molecule is Cc1c(Cl)ccc(O)c1-c1ccc(C#N)cc1. The molecule has 0 saturated heterocycles. The van der Waals surface area contributed by atoms with E-state index in [0.29, 0.717) is 16.1 Å². The van der Waals surface area contributed by atoms with Gasteiger partial charge in [0.15, 0.2) is 0 Å². The molecular formula is C14H10ClNO. The first-order valence-corrected chi connectivity index (χ1v) is 5.50. The number of nitrogens with zero attached hydrogens (tertiary/aromatic N) is 1. The molecule has 0 saturated carbocycles. The number of phenolic OH excluding ortho intramolecular Hbond substituents is 1. The first-order chi connectivity index (χ1) is 8.13. The van der Waals surface area contributed by atoms with Crippen molar-refractivity contribution in [2.24, 2.45) is 0 Å². The molecule has 0 atom stereocenters. The standard InChI is InChI=1S/C14H10ClNO/c1-9-12(15)6-7-13(17)14(9)11-4-2-10(8-16)3-5-11/h2-7,17H,1H3. The molecule has 3 heteroatoms. The lowest BCUT2D eigenvalue weighted by atomic mass is 9.98. The van der Waals surface area contributed by atoms with Gasteiger partial charge >= 0.3 is 0 Å². The fraction of sp³-hybridized carbons (Fsp3) is 0.0714. The monoisotopic (exact) mass is 243 g/mol. The average molecular weight is 244 g/mol. The van der Waals surface area contributed by atoms with Crippen LogP contribution < -0.4 is 0 Å². The lowest BCUT2D eigenvalue weighted by Gasteiger charge is -2.10. The quantitative estimate of drug-likeness (QED) is 0.826. The van der Waals surface area contributed by atoms with Gasteiger partial charge in [0.25, 0.3) is 0 Å². The maximum Gasteiger partial charge on any atom is 0.123 e. The van der Waals surface area contributed by atoms with Gasteiger partial charge in [-0.05, 0) is 42.3 Å². The number of rotatable bonds is 1. The number of aromatic hydroxyl groups is 1. The summed E-state index contributed by atoms with van der Waals surface area (Å²) in [6.45, 7) is 1.86. The number of hydrogen-bond acceptors (Lipinski definition) is 2. The summed E-state index contributed by atoms with van der Waals surface area (Å²) < 4.78 is 0. The molecule has 0 radical (unpaired) electrons. The summed E-state index contributed by atoms with van der Waals surface area (Å²) in [6.07, 6.45) is 0. The molecule has 0 aliphatic rings. The minimum atomic E-state index is 0.191. The van der Waals surface area contributed by atoms with E-state index in [0.717, 1.165) is 11.1 Å². The zero-order chi connectivity index (χ0) is 12.4. The van der Waals surface area contributed by atoms with Gasteiger partial charge in [-0.25, -0.2) is 0 Å². The lowest BCUT2D eigenvalue weighted by Crippen LogP contribution is -1.86. The minimum absolute atomic E-state index is 0.191. The normalized spacial score (nSPS) is 9.94. The number of phenols is 1. The first-order valence-electron chi connectivity index (χ1n) is 5.12. The molecule has 0 bridgehead atoms. The largest absolute Gasteiger partial charge is 0.507 e. The van der Waals surface area contributed by atoms with Crippen molar-refractivity contribution in [2.45, 2.75) is 6.92 Å². The van der Waals surface area contributed by atoms with E-state index in [1.54, 1.807) is 36.4 Å². The highest BCUT2D eigenvalue weighted by atomic mass is 35.5.